The van der Waals surface area contributed by atoms with Crippen molar-refractivity contribution >= 4 is 5.97 Å². The van der Waals surface area contributed by atoms with E-state index in [-0.39, 0.29) is 5.97 Å². The predicted octanol–water partition coefficient (Wildman–Crippen LogP) is 2.09. The van der Waals surface area contributed by atoms with Crippen LogP contribution in [0.5, 0.6) is 0 Å². The van der Waals surface area contributed by atoms with Crippen molar-refractivity contribution in [2.45, 2.75) is 39.5 Å². The van der Waals surface area contributed by atoms with Crippen molar-refractivity contribution in [1.82, 2.24) is 0 Å². The van der Waals surface area contributed by atoms with Crippen LogP contribution in [0.4, 0.5) is 0 Å². The highest BCUT2D eigenvalue weighted by Gasteiger charge is 1.84. The molecule has 0 aromatic heterocycles. The molecule has 0 amide bonds. The first-order valence-electron chi connectivity index (χ1n) is 3.92. The zero-order valence-electron chi connectivity index (χ0n) is 7.14. The Hall–Kier alpha value is -0.970. The average molecular weight is 154 g/mol. The highest BCUT2D eigenvalue weighted by molar-refractivity contribution is 5.67. The number of carbonyl (C=O) groups excluding carboxylic acids is 1. The summed E-state index contributed by atoms with van der Waals surface area (Å²) in [6, 6.07) is 0. The maximum absolute atomic E-state index is 10.2. The highest BCUT2D eigenvalue weighted by Crippen LogP contribution is 1.96. The van der Waals surface area contributed by atoms with Crippen molar-refractivity contribution in [3.63, 3.8) is 0 Å². The third-order valence-electron chi connectivity index (χ3n) is 1.17. The largest absolute Gasteiger partial charge is 0.372 e. The van der Waals surface area contributed by atoms with E-state index in [0.29, 0.717) is 0 Å². The fraction of sp³-hybridized carbons (Fsp3) is 0.667. The molecular formula is C9H14O2. The molecule has 62 valence electrons. The Kier molecular flexibility index (Phi) is 6.51. The Morgan fingerprint density at radius 2 is 2.18 bits per heavy atom. The summed E-state index contributed by atoms with van der Waals surface area (Å²) in [5, 5.41) is 0. The fourth-order valence-electron chi connectivity index (χ4n) is 0.622. The van der Waals surface area contributed by atoms with E-state index in [2.05, 4.69) is 23.7 Å². The molecule has 0 saturated carbocycles. The number of carbonyl (C=O) groups is 1. The molecule has 0 radical (unpaired) electrons. The first-order chi connectivity index (χ1) is 5.27. The van der Waals surface area contributed by atoms with Crippen LogP contribution in [0.25, 0.3) is 0 Å². The number of rotatable bonds is 3. The van der Waals surface area contributed by atoms with Gasteiger partial charge in [-0.3, -0.25) is 4.79 Å². The zero-order chi connectivity index (χ0) is 8.53. The quantitative estimate of drug-likeness (QED) is 0.353. The summed E-state index contributed by atoms with van der Waals surface area (Å²) in [5.41, 5.74) is 0. The summed E-state index contributed by atoms with van der Waals surface area (Å²) < 4.78 is 4.42. The monoisotopic (exact) mass is 154 g/mol. The molecule has 2 heteroatoms. The average Bonchev–Trinajstić information content (AvgIpc) is 1.96. The smallest absolute Gasteiger partial charge is 0.316 e. The summed E-state index contributed by atoms with van der Waals surface area (Å²) >= 11 is 0. The lowest BCUT2D eigenvalue weighted by Crippen LogP contribution is -1.89. The molecule has 0 spiro atoms. The zero-order valence-corrected chi connectivity index (χ0v) is 7.14. The molecule has 0 fully saturated rings. The van der Waals surface area contributed by atoms with Crippen LogP contribution in [-0.2, 0) is 9.53 Å². The number of ether oxygens (including phenoxy) is 1. The van der Waals surface area contributed by atoms with Gasteiger partial charge in [0.1, 0.15) is 6.11 Å². The van der Waals surface area contributed by atoms with Gasteiger partial charge in [-0.05, 0) is 6.42 Å². The minimum absolute atomic E-state index is 0.340. The molecule has 0 aliphatic heterocycles. The molecule has 0 saturated heterocycles. The van der Waals surface area contributed by atoms with Gasteiger partial charge < -0.3 is 4.74 Å². The van der Waals surface area contributed by atoms with Gasteiger partial charge >= 0.3 is 5.97 Å². The summed E-state index contributed by atoms with van der Waals surface area (Å²) in [4.78, 5) is 10.2. The second-order valence-corrected chi connectivity index (χ2v) is 2.33. The van der Waals surface area contributed by atoms with E-state index < -0.39 is 0 Å². The van der Waals surface area contributed by atoms with E-state index in [1.54, 1.807) is 0 Å². The maximum Gasteiger partial charge on any atom is 0.316 e. The molecule has 2 nitrogen and oxygen atoms in total. The van der Waals surface area contributed by atoms with Gasteiger partial charge in [0.15, 0.2) is 0 Å². The Morgan fingerprint density at radius 1 is 1.45 bits per heavy atom. The van der Waals surface area contributed by atoms with Crippen LogP contribution in [0, 0.1) is 12.0 Å². The van der Waals surface area contributed by atoms with Crippen LogP contribution in [0.3, 0.4) is 0 Å². The van der Waals surface area contributed by atoms with Crippen molar-refractivity contribution in [3.8, 4) is 12.0 Å². The molecule has 0 unspecified atom stereocenters. The van der Waals surface area contributed by atoms with Gasteiger partial charge in [-0.15, -0.1) is 0 Å². The van der Waals surface area contributed by atoms with E-state index in [9.17, 15) is 4.79 Å². The molecule has 0 rings (SSSR count). The lowest BCUT2D eigenvalue weighted by atomic mass is 10.2. The Bertz CT molecular complexity index is 162. The van der Waals surface area contributed by atoms with Gasteiger partial charge in [0.25, 0.3) is 0 Å². The van der Waals surface area contributed by atoms with Crippen molar-refractivity contribution < 1.29 is 9.53 Å². The number of unbranched alkanes of at least 4 members (excludes halogenated alkanes) is 3. The van der Waals surface area contributed by atoms with Gasteiger partial charge in [-0.2, -0.15) is 0 Å². The molecule has 0 bridgehead atoms. The van der Waals surface area contributed by atoms with Crippen molar-refractivity contribution in [2.24, 2.45) is 0 Å². The topological polar surface area (TPSA) is 26.3 Å². The van der Waals surface area contributed by atoms with Crippen LogP contribution in [0.15, 0.2) is 0 Å². The number of hydrogen-bond acceptors (Lipinski definition) is 2. The molecular weight excluding hydrogens is 140 g/mol. The fourth-order valence-corrected chi connectivity index (χ4v) is 0.622. The third-order valence-corrected chi connectivity index (χ3v) is 1.17. The lowest BCUT2D eigenvalue weighted by molar-refractivity contribution is -0.134. The van der Waals surface area contributed by atoms with Crippen molar-refractivity contribution in [2.75, 3.05) is 0 Å². The van der Waals surface area contributed by atoms with Crippen LogP contribution in [0.2, 0.25) is 0 Å². The summed E-state index contributed by atoms with van der Waals surface area (Å²) in [5.74, 6) is 2.42. The second-order valence-electron chi connectivity index (χ2n) is 2.33. The normalized spacial score (nSPS) is 8.18. The second kappa shape index (κ2) is 7.14. The molecule has 0 aromatic carbocycles. The Labute approximate surface area is 67.9 Å². The van der Waals surface area contributed by atoms with Crippen molar-refractivity contribution in [1.29, 1.82) is 0 Å². The maximum atomic E-state index is 10.2. The SMILES string of the molecule is CCCCCC#COC(C)=O. The van der Waals surface area contributed by atoms with Gasteiger partial charge in [0, 0.05) is 13.3 Å². The summed E-state index contributed by atoms with van der Waals surface area (Å²) in [7, 11) is 0. The van der Waals surface area contributed by atoms with E-state index >= 15 is 0 Å². The number of esters is 1. The van der Waals surface area contributed by atoms with Gasteiger partial charge in [0.2, 0.25) is 0 Å². The Balaban J connectivity index is 3.19. The van der Waals surface area contributed by atoms with Crippen LogP contribution in [0.1, 0.15) is 39.5 Å². The molecule has 0 heterocycles. The highest BCUT2D eigenvalue weighted by atomic mass is 16.5. The summed E-state index contributed by atoms with van der Waals surface area (Å²) in [6.45, 7) is 3.49. The molecule has 11 heavy (non-hydrogen) atoms. The Morgan fingerprint density at radius 3 is 2.73 bits per heavy atom. The van der Waals surface area contributed by atoms with Crippen LogP contribution >= 0.6 is 0 Å². The van der Waals surface area contributed by atoms with Crippen molar-refractivity contribution in [3.05, 3.63) is 0 Å². The van der Waals surface area contributed by atoms with Gasteiger partial charge in [-0.1, -0.05) is 25.7 Å². The van der Waals surface area contributed by atoms with E-state index in [1.807, 2.05) is 0 Å². The first kappa shape index (κ1) is 10.0. The standard InChI is InChI=1S/C9H14O2/c1-3-4-5-6-7-8-11-9(2)10/h3-6H2,1-2H3. The minimum Gasteiger partial charge on any atom is -0.372 e. The summed E-state index contributed by atoms with van der Waals surface area (Å²) in [6.07, 6.45) is 6.63. The number of hydrogen-bond donors (Lipinski definition) is 0. The third kappa shape index (κ3) is 9.03. The van der Waals surface area contributed by atoms with E-state index in [0.717, 1.165) is 12.8 Å². The molecule has 0 aliphatic carbocycles. The first-order valence-corrected chi connectivity index (χ1v) is 3.92. The van der Waals surface area contributed by atoms with Crippen LogP contribution < -0.4 is 0 Å². The van der Waals surface area contributed by atoms with E-state index in [4.69, 9.17) is 0 Å². The molecule has 0 aromatic rings. The van der Waals surface area contributed by atoms with Gasteiger partial charge in [0.05, 0.1) is 0 Å². The van der Waals surface area contributed by atoms with E-state index in [1.165, 1.54) is 19.8 Å². The lowest BCUT2D eigenvalue weighted by Gasteiger charge is -1.88. The predicted molar refractivity (Wildman–Crippen MR) is 43.7 cm³/mol. The molecule has 0 aliphatic rings. The minimum atomic E-state index is -0.340. The van der Waals surface area contributed by atoms with Crippen LogP contribution in [-0.4, -0.2) is 5.97 Å². The van der Waals surface area contributed by atoms with Gasteiger partial charge in [-0.25, -0.2) is 0 Å². The molecule has 0 atom stereocenters. The molecule has 0 N–H and O–H groups in total.